The number of hydrogen-bond donors (Lipinski definition) is 0. The first kappa shape index (κ1) is 20.0. The van der Waals surface area contributed by atoms with E-state index >= 15 is 0 Å². The van der Waals surface area contributed by atoms with Crippen LogP contribution in [0.2, 0.25) is 0 Å². The molecule has 1 aliphatic rings. The van der Waals surface area contributed by atoms with Gasteiger partial charge in [-0.1, -0.05) is 30.0 Å². The molecule has 3 aromatic rings. The summed E-state index contributed by atoms with van der Waals surface area (Å²) in [6, 6.07) is 17.5. The number of fused-ring (bicyclic) bond motifs is 2. The van der Waals surface area contributed by atoms with Crippen LogP contribution in [-0.4, -0.2) is 6.54 Å². The van der Waals surface area contributed by atoms with Crippen molar-refractivity contribution in [3.63, 3.8) is 0 Å². The maximum absolute atomic E-state index is 3.93. The molecule has 2 aromatic carbocycles. The molecule has 0 amide bonds. The number of benzene rings is 2. The molecule has 0 unspecified atom stereocenters. The highest BCUT2D eigenvalue weighted by Crippen LogP contribution is 2.46. The number of nitrogens with zero attached hydrogens (tertiary/aromatic N) is 2. The van der Waals surface area contributed by atoms with E-state index in [1.54, 1.807) is 0 Å². The molecule has 2 nitrogen and oxygen atoms in total. The molecule has 0 saturated heterocycles. The fourth-order valence-electron chi connectivity index (χ4n) is 3.74. The first-order valence-electron chi connectivity index (χ1n) is 8.85. The Kier molecular flexibility index (Phi) is 5.96. The zero-order chi connectivity index (χ0) is 18.3. The van der Waals surface area contributed by atoms with E-state index in [1.807, 2.05) is 17.8 Å². The van der Waals surface area contributed by atoms with Crippen molar-refractivity contribution < 1.29 is 28.5 Å². The van der Waals surface area contributed by atoms with Gasteiger partial charge in [0, 0.05) is 34.5 Å². The van der Waals surface area contributed by atoms with E-state index < -0.39 is 0 Å². The average molecular weight is 486 g/mol. The predicted octanol–water partition coefficient (Wildman–Crippen LogP) is 2.38. The van der Waals surface area contributed by atoms with Gasteiger partial charge in [-0.05, 0) is 49.7 Å². The molecule has 1 aliphatic heterocycles. The Morgan fingerprint density at radius 1 is 1.11 bits per heavy atom. The Morgan fingerprint density at radius 2 is 1.89 bits per heavy atom. The molecule has 0 N–H and O–H groups in total. The molecule has 0 atom stereocenters. The Labute approximate surface area is 182 Å². The molecule has 2 heterocycles. The number of thioether (sulfide) groups is 1. The SMILES string of the molecule is C=CCN1C(=Cc2ccc3cc(C)cc(C)c3[n+]2C)Sc2ccccc21.[I-]. The second-order valence-electron chi connectivity index (χ2n) is 6.79. The number of anilines is 1. The van der Waals surface area contributed by atoms with Crippen molar-refractivity contribution in [2.45, 2.75) is 18.7 Å². The molecule has 4 rings (SSSR count). The molecule has 0 fully saturated rings. The molecule has 27 heavy (non-hydrogen) atoms. The molecule has 0 radical (unpaired) electrons. The minimum Gasteiger partial charge on any atom is -1.00 e. The molecular weight excluding hydrogens is 463 g/mol. The van der Waals surface area contributed by atoms with Crippen LogP contribution in [0.15, 0.2) is 71.1 Å². The van der Waals surface area contributed by atoms with E-state index in [2.05, 4.69) is 91.5 Å². The summed E-state index contributed by atoms with van der Waals surface area (Å²) in [4.78, 5) is 3.63. The highest BCUT2D eigenvalue weighted by Gasteiger charge is 2.25. The van der Waals surface area contributed by atoms with Crippen LogP contribution in [0.3, 0.4) is 0 Å². The smallest absolute Gasteiger partial charge is 0.215 e. The van der Waals surface area contributed by atoms with Crippen molar-refractivity contribution in [3.05, 3.63) is 83.0 Å². The Bertz CT molecular complexity index is 1060. The molecular formula is C23H23IN2S. The van der Waals surface area contributed by atoms with Crippen molar-refractivity contribution in [1.82, 2.24) is 0 Å². The summed E-state index contributed by atoms with van der Waals surface area (Å²) in [7, 11) is 2.15. The number of aromatic nitrogens is 1. The average Bonchev–Trinajstić information content (AvgIpc) is 2.95. The van der Waals surface area contributed by atoms with Crippen molar-refractivity contribution in [3.8, 4) is 0 Å². The maximum Gasteiger partial charge on any atom is 0.215 e. The number of hydrogen-bond acceptors (Lipinski definition) is 2. The van der Waals surface area contributed by atoms with Gasteiger partial charge in [0.1, 0.15) is 7.05 Å². The number of para-hydroxylation sites is 1. The van der Waals surface area contributed by atoms with Crippen LogP contribution < -0.4 is 33.4 Å². The monoisotopic (exact) mass is 486 g/mol. The van der Waals surface area contributed by atoms with Crippen LogP contribution in [0.1, 0.15) is 16.8 Å². The van der Waals surface area contributed by atoms with E-state index in [1.165, 1.54) is 43.3 Å². The quantitative estimate of drug-likeness (QED) is 0.319. The van der Waals surface area contributed by atoms with E-state index in [4.69, 9.17) is 0 Å². The van der Waals surface area contributed by atoms with Gasteiger partial charge in [0.2, 0.25) is 11.2 Å². The zero-order valence-electron chi connectivity index (χ0n) is 15.9. The predicted molar refractivity (Wildman–Crippen MR) is 112 cm³/mol. The van der Waals surface area contributed by atoms with Gasteiger partial charge in [-0.15, -0.1) is 6.58 Å². The van der Waals surface area contributed by atoms with Crippen LogP contribution in [0.25, 0.3) is 17.0 Å². The van der Waals surface area contributed by atoms with Gasteiger partial charge in [-0.3, -0.25) is 0 Å². The van der Waals surface area contributed by atoms with Gasteiger partial charge in [0.15, 0.2) is 0 Å². The number of pyridine rings is 1. The first-order valence-corrected chi connectivity index (χ1v) is 9.67. The second-order valence-corrected chi connectivity index (χ2v) is 7.85. The highest BCUT2D eigenvalue weighted by atomic mass is 127. The van der Waals surface area contributed by atoms with Gasteiger partial charge in [-0.2, -0.15) is 4.57 Å². The number of rotatable bonds is 3. The summed E-state index contributed by atoms with van der Waals surface area (Å²) < 4.78 is 2.30. The van der Waals surface area contributed by atoms with Crippen LogP contribution in [0, 0.1) is 13.8 Å². The molecule has 0 saturated carbocycles. The Balaban J connectivity index is 0.00000210. The largest absolute Gasteiger partial charge is 1.00 e. The van der Waals surface area contributed by atoms with Gasteiger partial charge < -0.3 is 28.9 Å². The van der Waals surface area contributed by atoms with Gasteiger partial charge >= 0.3 is 0 Å². The summed E-state index contributed by atoms with van der Waals surface area (Å²) in [5.74, 6) is 0. The fourth-order valence-corrected chi connectivity index (χ4v) is 4.86. The minimum absolute atomic E-state index is 0. The fraction of sp³-hybridized carbons (Fsp3) is 0.174. The van der Waals surface area contributed by atoms with E-state index in [0.29, 0.717) is 0 Å². The molecule has 1 aromatic heterocycles. The van der Waals surface area contributed by atoms with Crippen molar-refractivity contribution in [2.75, 3.05) is 11.4 Å². The van der Waals surface area contributed by atoms with Gasteiger partial charge in [0.25, 0.3) is 0 Å². The number of aryl methyl sites for hydroxylation is 3. The topological polar surface area (TPSA) is 7.12 Å². The summed E-state index contributed by atoms with van der Waals surface area (Å²) in [6.07, 6.45) is 4.25. The molecule has 0 spiro atoms. The summed E-state index contributed by atoms with van der Waals surface area (Å²) in [5.41, 5.74) is 6.38. The van der Waals surface area contributed by atoms with E-state index in [0.717, 1.165) is 6.54 Å². The minimum atomic E-state index is 0. The van der Waals surface area contributed by atoms with Crippen molar-refractivity contribution in [1.29, 1.82) is 0 Å². The summed E-state index contributed by atoms with van der Waals surface area (Å²) >= 11 is 1.83. The third-order valence-electron chi connectivity index (χ3n) is 4.85. The zero-order valence-corrected chi connectivity index (χ0v) is 18.8. The third kappa shape index (κ3) is 3.65. The van der Waals surface area contributed by atoms with Crippen molar-refractivity contribution in [2.24, 2.45) is 7.05 Å². The summed E-state index contributed by atoms with van der Waals surface area (Å²) in [5, 5.41) is 2.53. The van der Waals surface area contributed by atoms with E-state index in [-0.39, 0.29) is 24.0 Å². The molecule has 4 heteroatoms. The van der Waals surface area contributed by atoms with Crippen molar-refractivity contribution >= 4 is 34.4 Å². The Morgan fingerprint density at radius 3 is 2.67 bits per heavy atom. The van der Waals surface area contributed by atoms with E-state index in [9.17, 15) is 0 Å². The van der Waals surface area contributed by atoms with Crippen LogP contribution in [0.4, 0.5) is 5.69 Å². The first-order chi connectivity index (χ1) is 12.6. The Hall–Kier alpha value is -1.79. The molecule has 0 bridgehead atoms. The van der Waals surface area contributed by atoms with Crippen LogP contribution in [0.5, 0.6) is 0 Å². The maximum atomic E-state index is 3.93. The molecule has 138 valence electrons. The third-order valence-corrected chi connectivity index (χ3v) is 5.96. The van der Waals surface area contributed by atoms with Crippen LogP contribution in [-0.2, 0) is 7.05 Å². The summed E-state index contributed by atoms with van der Waals surface area (Å²) in [6.45, 7) is 9.09. The highest BCUT2D eigenvalue weighted by molar-refractivity contribution is 8.03. The van der Waals surface area contributed by atoms with Crippen LogP contribution >= 0.6 is 11.8 Å². The lowest BCUT2D eigenvalue weighted by Gasteiger charge is -2.18. The normalized spacial score (nSPS) is 14.3. The van der Waals surface area contributed by atoms with Gasteiger partial charge in [0.05, 0.1) is 10.7 Å². The lowest BCUT2D eigenvalue weighted by Crippen LogP contribution is -3.00. The standard InChI is InChI=1S/C23H23N2S.HI/c1-5-12-25-20-8-6-7-9-21(20)26-22(25)15-19-11-10-18-14-16(2)13-17(3)23(18)24(19)4;/h5-11,13-15H,1,12H2,2-4H3;1H/q+1;/p-1. The number of halogens is 1. The lowest BCUT2D eigenvalue weighted by atomic mass is 10.1. The lowest BCUT2D eigenvalue weighted by molar-refractivity contribution is -0.647. The second kappa shape index (κ2) is 8.07. The molecule has 0 aliphatic carbocycles. The van der Waals surface area contributed by atoms with Gasteiger partial charge in [-0.25, -0.2) is 0 Å².